The summed E-state index contributed by atoms with van der Waals surface area (Å²) in [6.45, 7) is 0. The van der Waals surface area contributed by atoms with Crippen molar-refractivity contribution in [3.8, 4) is 32.8 Å². The molecule has 4 heteroatoms. The Morgan fingerprint density at radius 3 is 1.73 bits per heavy atom. The molecule has 11 rings (SSSR count). The molecule has 0 unspecified atom stereocenters. The van der Waals surface area contributed by atoms with E-state index in [1.54, 1.807) is 11.3 Å². The van der Waals surface area contributed by atoms with Crippen LogP contribution in [0.1, 0.15) is 0 Å². The first-order valence-electron chi connectivity index (χ1n) is 18.5. The number of hydrogen-bond acceptors (Lipinski definition) is 4. The lowest BCUT2D eigenvalue weighted by molar-refractivity contribution is 0.669. The average Bonchev–Trinajstić information content (AvgIpc) is 3.85. The fourth-order valence-electron chi connectivity index (χ4n) is 7.83. The lowest BCUT2D eigenvalue weighted by Gasteiger charge is -2.26. The summed E-state index contributed by atoms with van der Waals surface area (Å²) in [7, 11) is 0. The molecule has 0 radical (unpaired) electrons. The average molecular weight is 721 g/mol. The minimum Gasteiger partial charge on any atom is -0.456 e. The van der Waals surface area contributed by atoms with E-state index in [0.29, 0.717) is 0 Å². The van der Waals surface area contributed by atoms with Gasteiger partial charge in [-0.15, -0.1) is 11.3 Å². The van der Waals surface area contributed by atoms with Gasteiger partial charge in [-0.1, -0.05) is 115 Å². The molecule has 0 amide bonds. The van der Waals surface area contributed by atoms with Gasteiger partial charge in [0.2, 0.25) is 0 Å². The van der Waals surface area contributed by atoms with Crippen LogP contribution in [0, 0.1) is 0 Å². The molecule has 0 aliphatic rings. The van der Waals surface area contributed by atoms with Crippen molar-refractivity contribution >= 4 is 82.1 Å². The van der Waals surface area contributed by atoms with Gasteiger partial charge in [0.25, 0.3) is 0 Å². The van der Waals surface area contributed by atoms with Crippen LogP contribution in [-0.4, -0.2) is 4.98 Å². The van der Waals surface area contributed by atoms with Gasteiger partial charge in [-0.05, 0) is 117 Å². The zero-order valence-electron chi connectivity index (χ0n) is 29.7. The van der Waals surface area contributed by atoms with Crippen LogP contribution >= 0.6 is 11.3 Å². The standard InChI is InChI=1S/C51H32N2OS/c1-2-8-33(9-3-1)34-18-22-42(23-19-34)53(43-24-20-39-28-37-10-4-5-11-38(37)29-41(39)30-43)44-25-27-46-45-26-21-40(31-48(45)54-49(46)32-44)35-14-16-36(17-15-35)51-52-47-12-6-7-13-50(47)55-51/h1-32H. The Labute approximate surface area is 322 Å². The van der Waals surface area contributed by atoms with E-state index in [1.807, 2.05) is 6.07 Å². The molecular formula is C51H32N2OS. The Balaban J connectivity index is 0.980. The van der Waals surface area contributed by atoms with Gasteiger partial charge in [0, 0.05) is 39.5 Å². The van der Waals surface area contributed by atoms with Gasteiger partial charge in [0.05, 0.1) is 10.2 Å². The largest absolute Gasteiger partial charge is 0.456 e. The number of nitrogens with zero attached hydrogens (tertiary/aromatic N) is 2. The van der Waals surface area contributed by atoms with Crippen molar-refractivity contribution in [1.29, 1.82) is 0 Å². The highest BCUT2D eigenvalue weighted by Crippen LogP contribution is 2.41. The molecule has 0 aliphatic carbocycles. The van der Waals surface area contributed by atoms with Gasteiger partial charge in [-0.25, -0.2) is 4.98 Å². The third-order valence-corrected chi connectivity index (χ3v) is 11.7. The first-order valence-corrected chi connectivity index (χ1v) is 19.3. The number of aromatic nitrogens is 1. The molecule has 0 bridgehead atoms. The fourth-order valence-corrected chi connectivity index (χ4v) is 8.80. The first kappa shape index (κ1) is 31.5. The number of rotatable bonds is 6. The Hall–Kier alpha value is -7.01. The molecule has 2 aromatic heterocycles. The third kappa shape index (κ3) is 5.63. The fraction of sp³-hybridized carbons (Fsp3) is 0. The van der Waals surface area contributed by atoms with Crippen molar-refractivity contribution in [1.82, 2.24) is 4.98 Å². The van der Waals surface area contributed by atoms with Crippen LogP contribution in [0.3, 0.4) is 0 Å². The minimum atomic E-state index is 0.855. The third-order valence-electron chi connectivity index (χ3n) is 10.7. The van der Waals surface area contributed by atoms with Gasteiger partial charge in [-0.3, -0.25) is 0 Å². The predicted octanol–water partition coefficient (Wildman–Crippen LogP) is 15.0. The van der Waals surface area contributed by atoms with Gasteiger partial charge in [0.15, 0.2) is 0 Å². The second-order valence-electron chi connectivity index (χ2n) is 14.0. The van der Waals surface area contributed by atoms with Crippen LogP contribution in [0.4, 0.5) is 17.1 Å². The van der Waals surface area contributed by atoms with E-state index < -0.39 is 0 Å². The van der Waals surface area contributed by atoms with E-state index >= 15 is 0 Å². The molecule has 2 heterocycles. The molecule has 0 fully saturated rings. The van der Waals surface area contributed by atoms with E-state index in [0.717, 1.165) is 66.2 Å². The van der Waals surface area contributed by atoms with Crippen molar-refractivity contribution < 1.29 is 4.42 Å². The smallest absolute Gasteiger partial charge is 0.137 e. The Kier molecular flexibility index (Phi) is 7.35. The zero-order valence-corrected chi connectivity index (χ0v) is 30.5. The van der Waals surface area contributed by atoms with E-state index in [9.17, 15) is 0 Å². The monoisotopic (exact) mass is 720 g/mol. The van der Waals surface area contributed by atoms with Crippen molar-refractivity contribution in [3.05, 3.63) is 194 Å². The molecule has 0 saturated carbocycles. The number of fused-ring (bicyclic) bond motifs is 6. The van der Waals surface area contributed by atoms with Crippen LogP contribution in [0.5, 0.6) is 0 Å². The molecular weight excluding hydrogens is 689 g/mol. The molecule has 0 spiro atoms. The topological polar surface area (TPSA) is 29.3 Å². The van der Waals surface area contributed by atoms with Gasteiger partial charge >= 0.3 is 0 Å². The Bertz CT molecular complexity index is 3160. The SMILES string of the molecule is c1ccc(-c2ccc(N(c3ccc4cc5ccccc5cc4c3)c3ccc4c(c3)oc3cc(-c5ccc(-c6nc7ccccc7s6)cc5)ccc34)cc2)cc1. The maximum Gasteiger partial charge on any atom is 0.137 e. The molecule has 9 aromatic carbocycles. The zero-order chi connectivity index (χ0) is 36.3. The number of thiazole rings is 1. The van der Waals surface area contributed by atoms with E-state index in [2.05, 4.69) is 193 Å². The van der Waals surface area contributed by atoms with E-state index in [-0.39, 0.29) is 0 Å². The summed E-state index contributed by atoms with van der Waals surface area (Å²) in [5, 5.41) is 8.14. The summed E-state index contributed by atoms with van der Waals surface area (Å²) >= 11 is 1.73. The van der Waals surface area contributed by atoms with Crippen molar-refractivity contribution in [2.45, 2.75) is 0 Å². The first-order chi connectivity index (χ1) is 27.2. The lowest BCUT2D eigenvalue weighted by Crippen LogP contribution is -2.09. The van der Waals surface area contributed by atoms with Gasteiger partial charge in [-0.2, -0.15) is 0 Å². The Morgan fingerprint density at radius 2 is 0.927 bits per heavy atom. The number of anilines is 3. The van der Waals surface area contributed by atoms with Crippen LogP contribution in [-0.2, 0) is 0 Å². The summed E-state index contributed by atoms with van der Waals surface area (Å²) in [5.41, 5.74) is 11.7. The van der Waals surface area contributed by atoms with Crippen molar-refractivity contribution in [2.75, 3.05) is 4.90 Å². The summed E-state index contributed by atoms with van der Waals surface area (Å²) < 4.78 is 7.87. The summed E-state index contributed by atoms with van der Waals surface area (Å²) in [5.74, 6) is 0. The van der Waals surface area contributed by atoms with Crippen LogP contribution < -0.4 is 4.90 Å². The lowest BCUT2D eigenvalue weighted by atomic mass is 10.0. The number of para-hydroxylation sites is 1. The maximum atomic E-state index is 6.66. The summed E-state index contributed by atoms with van der Waals surface area (Å²) in [6, 6.07) is 69.4. The second kappa shape index (κ2) is 12.8. The molecule has 11 aromatic rings. The highest BCUT2D eigenvalue weighted by Gasteiger charge is 2.17. The highest BCUT2D eigenvalue weighted by molar-refractivity contribution is 7.21. The molecule has 0 atom stereocenters. The van der Waals surface area contributed by atoms with E-state index in [1.165, 1.54) is 37.4 Å². The molecule has 0 N–H and O–H groups in total. The molecule has 3 nitrogen and oxygen atoms in total. The van der Waals surface area contributed by atoms with Gasteiger partial charge < -0.3 is 9.32 Å². The van der Waals surface area contributed by atoms with Crippen LogP contribution in [0.2, 0.25) is 0 Å². The predicted molar refractivity (Wildman–Crippen MR) is 233 cm³/mol. The molecule has 258 valence electrons. The van der Waals surface area contributed by atoms with Crippen LogP contribution in [0.25, 0.3) is 86.5 Å². The second-order valence-corrected chi connectivity index (χ2v) is 15.1. The Morgan fingerprint density at radius 1 is 0.382 bits per heavy atom. The molecule has 0 aliphatic heterocycles. The summed E-state index contributed by atoms with van der Waals surface area (Å²) in [6.07, 6.45) is 0. The number of hydrogen-bond donors (Lipinski definition) is 0. The maximum absolute atomic E-state index is 6.66. The number of benzene rings is 9. The molecule has 55 heavy (non-hydrogen) atoms. The number of furan rings is 1. The van der Waals surface area contributed by atoms with Crippen LogP contribution in [0.15, 0.2) is 199 Å². The van der Waals surface area contributed by atoms with E-state index in [4.69, 9.17) is 9.40 Å². The minimum absolute atomic E-state index is 0.855. The quantitative estimate of drug-likeness (QED) is 0.160. The van der Waals surface area contributed by atoms with Gasteiger partial charge in [0.1, 0.15) is 16.2 Å². The van der Waals surface area contributed by atoms with Crippen molar-refractivity contribution in [2.24, 2.45) is 0 Å². The molecule has 0 saturated heterocycles. The normalized spacial score (nSPS) is 11.6. The van der Waals surface area contributed by atoms with Crippen molar-refractivity contribution in [3.63, 3.8) is 0 Å². The highest BCUT2D eigenvalue weighted by atomic mass is 32.1. The summed E-state index contributed by atoms with van der Waals surface area (Å²) in [4.78, 5) is 7.18.